The first-order chi connectivity index (χ1) is 16.9. The van der Waals surface area contributed by atoms with Crippen molar-refractivity contribution in [3.63, 3.8) is 0 Å². The number of anilines is 1. The number of carbonyl (C=O) groups excluding carboxylic acids is 3. The quantitative estimate of drug-likeness (QED) is 0.442. The second-order valence-electron chi connectivity index (χ2n) is 9.00. The Kier molecular flexibility index (Phi) is 7.30. The van der Waals surface area contributed by atoms with Gasteiger partial charge in [-0.15, -0.1) is 0 Å². The van der Waals surface area contributed by atoms with E-state index in [4.69, 9.17) is 4.74 Å². The summed E-state index contributed by atoms with van der Waals surface area (Å²) in [6.07, 6.45) is 0.533. The molecule has 0 radical (unpaired) electrons. The molecule has 0 bridgehead atoms. The summed E-state index contributed by atoms with van der Waals surface area (Å²) < 4.78 is 5.20. The molecule has 4 rings (SSSR count). The van der Waals surface area contributed by atoms with Crippen LogP contribution in [-0.4, -0.2) is 42.3 Å². The average Bonchev–Trinajstić information content (AvgIpc) is 3.18. The Bertz CT molecular complexity index is 1190. The Morgan fingerprint density at radius 2 is 1.63 bits per heavy atom. The summed E-state index contributed by atoms with van der Waals surface area (Å²) in [5.74, 6) is 0.0244. The number of ether oxygens (including phenoxy) is 1. The number of hydrogen-bond donors (Lipinski definition) is 0. The van der Waals surface area contributed by atoms with E-state index in [-0.39, 0.29) is 24.1 Å². The van der Waals surface area contributed by atoms with Gasteiger partial charge in [0, 0.05) is 12.1 Å². The molecule has 1 aliphatic rings. The molecular formula is C29H30N2O4. The molecule has 1 aliphatic heterocycles. The Labute approximate surface area is 206 Å². The van der Waals surface area contributed by atoms with E-state index in [0.717, 1.165) is 11.1 Å². The van der Waals surface area contributed by atoms with Crippen LogP contribution in [0.4, 0.5) is 5.69 Å². The molecule has 3 aromatic rings. The Morgan fingerprint density at radius 3 is 2.23 bits per heavy atom. The highest BCUT2D eigenvalue weighted by atomic mass is 16.5. The number of nitrogens with zero attached hydrogens (tertiary/aromatic N) is 2. The van der Waals surface area contributed by atoms with Gasteiger partial charge in [0.15, 0.2) is 0 Å². The van der Waals surface area contributed by atoms with E-state index in [0.29, 0.717) is 35.9 Å². The van der Waals surface area contributed by atoms with E-state index in [2.05, 4.69) is 13.8 Å². The zero-order valence-corrected chi connectivity index (χ0v) is 20.3. The second-order valence-corrected chi connectivity index (χ2v) is 9.00. The van der Waals surface area contributed by atoms with Crippen molar-refractivity contribution in [3.8, 4) is 5.75 Å². The molecule has 6 nitrogen and oxygen atoms in total. The molecule has 0 aromatic heterocycles. The largest absolute Gasteiger partial charge is 0.497 e. The molecule has 1 saturated heterocycles. The van der Waals surface area contributed by atoms with Gasteiger partial charge in [0.2, 0.25) is 5.91 Å². The highest BCUT2D eigenvalue weighted by Crippen LogP contribution is 2.28. The van der Waals surface area contributed by atoms with Crippen molar-refractivity contribution < 1.29 is 19.1 Å². The molecule has 0 spiro atoms. The normalized spacial score (nSPS) is 15.5. The van der Waals surface area contributed by atoms with Crippen molar-refractivity contribution in [1.82, 2.24) is 4.90 Å². The third-order valence-corrected chi connectivity index (χ3v) is 6.40. The number of methoxy groups -OCH3 is 1. The fraction of sp³-hybridized carbons (Fsp3) is 0.276. The van der Waals surface area contributed by atoms with Crippen LogP contribution in [-0.2, 0) is 16.0 Å². The molecule has 1 unspecified atom stereocenters. The predicted octanol–water partition coefficient (Wildman–Crippen LogP) is 4.84. The van der Waals surface area contributed by atoms with Gasteiger partial charge in [-0.3, -0.25) is 14.4 Å². The molecular weight excluding hydrogens is 440 g/mol. The van der Waals surface area contributed by atoms with Crippen LogP contribution in [0.25, 0.3) is 0 Å². The number of rotatable bonds is 8. The minimum atomic E-state index is -0.856. The fourth-order valence-electron chi connectivity index (χ4n) is 4.33. The van der Waals surface area contributed by atoms with Crippen LogP contribution in [0.5, 0.6) is 5.75 Å². The third kappa shape index (κ3) is 5.27. The number of benzene rings is 3. The minimum Gasteiger partial charge on any atom is -0.497 e. The van der Waals surface area contributed by atoms with E-state index >= 15 is 0 Å². The van der Waals surface area contributed by atoms with Crippen LogP contribution < -0.4 is 9.64 Å². The summed E-state index contributed by atoms with van der Waals surface area (Å²) in [6.45, 7) is 4.50. The van der Waals surface area contributed by atoms with Gasteiger partial charge in [0.1, 0.15) is 11.8 Å². The van der Waals surface area contributed by atoms with Crippen LogP contribution in [0.3, 0.4) is 0 Å². The molecule has 6 heteroatoms. The number of amides is 3. The van der Waals surface area contributed by atoms with Crippen LogP contribution in [0.1, 0.15) is 47.7 Å². The molecule has 1 atom stereocenters. The zero-order valence-electron chi connectivity index (χ0n) is 20.3. The molecule has 0 N–H and O–H groups in total. The average molecular weight is 471 g/mol. The molecule has 3 aromatic carbocycles. The van der Waals surface area contributed by atoms with Crippen LogP contribution in [0.2, 0.25) is 0 Å². The maximum atomic E-state index is 13.6. The maximum absolute atomic E-state index is 13.6. The smallest absolute Gasteiger partial charge is 0.257 e. The molecule has 3 amide bonds. The van der Waals surface area contributed by atoms with Crippen molar-refractivity contribution >= 4 is 23.4 Å². The first kappa shape index (κ1) is 24.2. The minimum absolute atomic E-state index is 0.0402. The van der Waals surface area contributed by atoms with Crippen molar-refractivity contribution in [3.05, 3.63) is 95.6 Å². The predicted molar refractivity (Wildman–Crippen MR) is 136 cm³/mol. The second kappa shape index (κ2) is 10.6. The van der Waals surface area contributed by atoms with Crippen LogP contribution >= 0.6 is 0 Å². The van der Waals surface area contributed by atoms with Crippen molar-refractivity contribution in [1.29, 1.82) is 0 Å². The van der Waals surface area contributed by atoms with Crippen LogP contribution in [0, 0.1) is 0 Å². The standard InChI is InChI=1S/C29H30N2O4/c1-20(2)22-9-13-24(14-10-22)31-27(32)19-26(29(31)34)30(18-17-21-7-5-4-6-8-21)28(33)23-11-15-25(35-3)16-12-23/h4-16,20,26H,17-19H2,1-3H3. The monoisotopic (exact) mass is 470 g/mol. The zero-order chi connectivity index (χ0) is 24.9. The molecule has 0 saturated carbocycles. The van der Waals surface area contributed by atoms with Gasteiger partial charge in [-0.2, -0.15) is 0 Å². The summed E-state index contributed by atoms with van der Waals surface area (Å²) in [4.78, 5) is 42.8. The third-order valence-electron chi connectivity index (χ3n) is 6.40. The van der Waals surface area contributed by atoms with E-state index in [1.807, 2.05) is 42.5 Å². The van der Waals surface area contributed by atoms with Gasteiger partial charge in [0.25, 0.3) is 11.8 Å². The molecule has 180 valence electrons. The van der Waals surface area contributed by atoms with Gasteiger partial charge < -0.3 is 9.64 Å². The molecule has 35 heavy (non-hydrogen) atoms. The fourth-order valence-corrected chi connectivity index (χ4v) is 4.33. The van der Waals surface area contributed by atoms with Crippen molar-refractivity contribution in [2.75, 3.05) is 18.6 Å². The summed E-state index contributed by atoms with van der Waals surface area (Å²) in [5, 5.41) is 0. The summed E-state index contributed by atoms with van der Waals surface area (Å²) in [5.41, 5.74) is 3.16. The molecule has 1 fully saturated rings. The lowest BCUT2D eigenvalue weighted by Gasteiger charge is -2.28. The van der Waals surface area contributed by atoms with E-state index < -0.39 is 6.04 Å². The highest BCUT2D eigenvalue weighted by molar-refractivity contribution is 6.23. The first-order valence-corrected chi connectivity index (χ1v) is 11.8. The lowest BCUT2D eigenvalue weighted by atomic mass is 10.0. The molecule has 1 heterocycles. The Morgan fingerprint density at radius 1 is 0.971 bits per heavy atom. The lowest BCUT2D eigenvalue weighted by molar-refractivity contribution is -0.122. The molecule has 0 aliphatic carbocycles. The van der Waals surface area contributed by atoms with E-state index in [9.17, 15) is 14.4 Å². The lowest BCUT2D eigenvalue weighted by Crippen LogP contribution is -2.46. The Balaban J connectivity index is 1.61. The van der Waals surface area contributed by atoms with Gasteiger partial charge in [-0.1, -0.05) is 56.3 Å². The SMILES string of the molecule is COc1ccc(C(=O)N(CCc2ccccc2)C2CC(=O)N(c3ccc(C(C)C)cc3)C2=O)cc1. The van der Waals surface area contributed by atoms with Gasteiger partial charge in [-0.25, -0.2) is 4.90 Å². The van der Waals surface area contributed by atoms with Gasteiger partial charge in [0.05, 0.1) is 19.2 Å². The number of carbonyl (C=O) groups is 3. The number of hydrogen-bond acceptors (Lipinski definition) is 4. The van der Waals surface area contributed by atoms with Crippen molar-refractivity contribution in [2.45, 2.75) is 38.6 Å². The maximum Gasteiger partial charge on any atom is 0.257 e. The first-order valence-electron chi connectivity index (χ1n) is 11.8. The van der Waals surface area contributed by atoms with Gasteiger partial charge >= 0.3 is 0 Å². The van der Waals surface area contributed by atoms with E-state index in [1.54, 1.807) is 43.5 Å². The Hall–Kier alpha value is -3.93. The summed E-state index contributed by atoms with van der Waals surface area (Å²) >= 11 is 0. The van der Waals surface area contributed by atoms with Crippen LogP contribution in [0.15, 0.2) is 78.9 Å². The number of imide groups is 1. The topological polar surface area (TPSA) is 66.9 Å². The summed E-state index contributed by atoms with van der Waals surface area (Å²) in [7, 11) is 1.56. The van der Waals surface area contributed by atoms with E-state index in [1.165, 1.54) is 9.80 Å². The van der Waals surface area contributed by atoms with Crippen molar-refractivity contribution in [2.24, 2.45) is 0 Å². The van der Waals surface area contributed by atoms with Gasteiger partial charge in [-0.05, 0) is 59.9 Å². The highest BCUT2D eigenvalue weighted by Gasteiger charge is 2.44. The summed E-state index contributed by atoms with van der Waals surface area (Å²) in [6, 6.07) is 23.2.